The maximum atomic E-state index is 13.8. The van der Waals surface area contributed by atoms with Gasteiger partial charge < -0.3 is 16.4 Å². The van der Waals surface area contributed by atoms with Gasteiger partial charge in [0.25, 0.3) is 11.8 Å². The molecule has 28 heavy (non-hydrogen) atoms. The highest BCUT2D eigenvalue weighted by molar-refractivity contribution is 6.05. The molecular weight excluding hydrogens is 381 g/mol. The third kappa shape index (κ3) is 4.69. The molecule has 0 bridgehead atoms. The number of hydrogen-bond donors (Lipinski definition) is 3. The van der Waals surface area contributed by atoms with E-state index in [2.05, 4.69) is 10.6 Å². The van der Waals surface area contributed by atoms with Gasteiger partial charge in [-0.15, -0.1) is 12.4 Å². The standard InChI is InChI=1S/C21H24FN3O2.ClH/c1-14-8-9-15(19(26)25-21(13-23)10-4-5-11-21)12-18(14)24-20(27)16-6-2-3-7-17(16)22;/h2-3,6-9,12H,4-5,10-11,13,23H2,1H3,(H,24,27)(H,25,26);1H. The topological polar surface area (TPSA) is 84.2 Å². The molecule has 2 aromatic rings. The van der Waals surface area contributed by atoms with Crippen LogP contribution in [0.5, 0.6) is 0 Å². The first-order valence-corrected chi connectivity index (χ1v) is 9.13. The number of nitrogens with one attached hydrogen (secondary N) is 2. The third-order valence-corrected chi connectivity index (χ3v) is 5.20. The van der Waals surface area contributed by atoms with E-state index in [4.69, 9.17) is 5.73 Å². The van der Waals surface area contributed by atoms with Crippen LogP contribution in [0.15, 0.2) is 42.5 Å². The Morgan fingerprint density at radius 3 is 2.43 bits per heavy atom. The second kappa shape index (κ2) is 9.17. The van der Waals surface area contributed by atoms with Crippen molar-refractivity contribution >= 4 is 29.9 Å². The molecule has 1 saturated carbocycles. The van der Waals surface area contributed by atoms with Crippen LogP contribution in [0.4, 0.5) is 10.1 Å². The van der Waals surface area contributed by atoms with Gasteiger partial charge in [0, 0.05) is 17.8 Å². The smallest absolute Gasteiger partial charge is 0.258 e. The molecule has 4 N–H and O–H groups in total. The van der Waals surface area contributed by atoms with Crippen molar-refractivity contribution in [3.63, 3.8) is 0 Å². The second-order valence-electron chi connectivity index (χ2n) is 7.11. The second-order valence-corrected chi connectivity index (χ2v) is 7.11. The lowest BCUT2D eigenvalue weighted by Crippen LogP contribution is -2.51. The monoisotopic (exact) mass is 405 g/mol. The average Bonchev–Trinajstić information content (AvgIpc) is 3.12. The number of anilines is 1. The summed E-state index contributed by atoms with van der Waals surface area (Å²) in [5.74, 6) is -1.36. The Kier molecular flexibility index (Phi) is 7.16. The number of aryl methyl sites for hydroxylation is 1. The van der Waals surface area contributed by atoms with Gasteiger partial charge in [-0.2, -0.15) is 0 Å². The number of carbonyl (C=O) groups excluding carboxylic acids is 2. The molecule has 3 rings (SSSR count). The molecule has 0 aliphatic heterocycles. The van der Waals surface area contributed by atoms with E-state index < -0.39 is 11.7 Å². The number of hydrogen-bond acceptors (Lipinski definition) is 3. The van der Waals surface area contributed by atoms with Gasteiger partial charge in [0.15, 0.2) is 0 Å². The van der Waals surface area contributed by atoms with Crippen LogP contribution in [-0.4, -0.2) is 23.9 Å². The summed E-state index contributed by atoms with van der Waals surface area (Å²) in [5, 5.41) is 5.76. The van der Waals surface area contributed by atoms with E-state index in [1.807, 2.05) is 6.92 Å². The van der Waals surface area contributed by atoms with Crippen LogP contribution in [0.2, 0.25) is 0 Å². The molecule has 0 saturated heterocycles. The molecule has 1 aliphatic rings. The lowest BCUT2D eigenvalue weighted by molar-refractivity contribution is 0.0902. The molecule has 0 spiro atoms. The van der Waals surface area contributed by atoms with Crippen LogP contribution in [-0.2, 0) is 0 Å². The van der Waals surface area contributed by atoms with E-state index >= 15 is 0 Å². The maximum absolute atomic E-state index is 13.8. The molecule has 0 heterocycles. The first kappa shape index (κ1) is 21.9. The van der Waals surface area contributed by atoms with E-state index in [0.29, 0.717) is 17.8 Å². The Hall–Kier alpha value is -2.44. The van der Waals surface area contributed by atoms with E-state index in [1.54, 1.807) is 24.3 Å². The molecule has 0 radical (unpaired) electrons. The third-order valence-electron chi connectivity index (χ3n) is 5.20. The largest absolute Gasteiger partial charge is 0.345 e. The lowest BCUT2D eigenvalue weighted by atomic mass is 9.97. The Bertz CT molecular complexity index is 866. The number of rotatable bonds is 5. The number of carbonyl (C=O) groups is 2. The first-order valence-electron chi connectivity index (χ1n) is 9.13. The molecule has 1 aliphatic carbocycles. The van der Waals surface area contributed by atoms with Crippen LogP contribution in [0.25, 0.3) is 0 Å². The van der Waals surface area contributed by atoms with Crippen LogP contribution >= 0.6 is 12.4 Å². The number of amides is 2. The fourth-order valence-corrected chi connectivity index (χ4v) is 3.48. The Labute approximate surface area is 170 Å². The molecule has 0 aromatic heterocycles. The Balaban J connectivity index is 0.00000280. The fourth-order valence-electron chi connectivity index (χ4n) is 3.48. The number of halogens is 2. The van der Waals surface area contributed by atoms with Gasteiger partial charge in [0.05, 0.1) is 11.1 Å². The maximum Gasteiger partial charge on any atom is 0.258 e. The molecule has 2 amide bonds. The molecule has 1 fully saturated rings. The summed E-state index contributed by atoms with van der Waals surface area (Å²) in [7, 11) is 0. The molecule has 5 nitrogen and oxygen atoms in total. The van der Waals surface area contributed by atoms with Crippen molar-refractivity contribution in [3.8, 4) is 0 Å². The zero-order valence-electron chi connectivity index (χ0n) is 15.8. The van der Waals surface area contributed by atoms with Crippen molar-refractivity contribution in [2.45, 2.75) is 38.1 Å². The van der Waals surface area contributed by atoms with Gasteiger partial charge in [-0.05, 0) is 49.6 Å². The van der Waals surface area contributed by atoms with Crippen LogP contribution in [0, 0.1) is 12.7 Å². The van der Waals surface area contributed by atoms with Gasteiger partial charge >= 0.3 is 0 Å². The van der Waals surface area contributed by atoms with Crippen molar-refractivity contribution in [1.29, 1.82) is 0 Å². The zero-order valence-corrected chi connectivity index (χ0v) is 16.6. The molecular formula is C21H25ClFN3O2. The highest BCUT2D eigenvalue weighted by atomic mass is 35.5. The normalized spacial score (nSPS) is 14.8. The van der Waals surface area contributed by atoms with E-state index in [0.717, 1.165) is 31.2 Å². The molecule has 0 atom stereocenters. The summed E-state index contributed by atoms with van der Waals surface area (Å²) in [6, 6.07) is 10.9. The van der Waals surface area contributed by atoms with Crippen molar-refractivity contribution in [3.05, 3.63) is 65.0 Å². The van der Waals surface area contributed by atoms with Gasteiger partial charge in [0.2, 0.25) is 0 Å². The van der Waals surface area contributed by atoms with Crippen molar-refractivity contribution in [1.82, 2.24) is 5.32 Å². The summed E-state index contributed by atoms with van der Waals surface area (Å²) in [5.41, 5.74) is 7.19. The van der Waals surface area contributed by atoms with Gasteiger partial charge in [-0.3, -0.25) is 9.59 Å². The lowest BCUT2D eigenvalue weighted by Gasteiger charge is -2.28. The fraction of sp³-hybridized carbons (Fsp3) is 0.333. The van der Waals surface area contributed by atoms with Gasteiger partial charge in [-0.25, -0.2) is 4.39 Å². The SMILES string of the molecule is Cc1ccc(C(=O)NC2(CN)CCCC2)cc1NC(=O)c1ccccc1F.Cl. The quantitative estimate of drug-likeness (QED) is 0.707. The van der Waals surface area contributed by atoms with Crippen molar-refractivity contribution in [2.75, 3.05) is 11.9 Å². The van der Waals surface area contributed by atoms with Crippen LogP contribution in [0.1, 0.15) is 52.0 Å². The summed E-state index contributed by atoms with van der Waals surface area (Å²) in [6.45, 7) is 2.22. The molecule has 2 aromatic carbocycles. The minimum atomic E-state index is -0.590. The molecule has 7 heteroatoms. The summed E-state index contributed by atoms with van der Waals surface area (Å²) < 4.78 is 13.8. The highest BCUT2D eigenvalue weighted by Crippen LogP contribution is 2.29. The van der Waals surface area contributed by atoms with Gasteiger partial charge in [-0.1, -0.05) is 31.0 Å². The van der Waals surface area contributed by atoms with Gasteiger partial charge in [0.1, 0.15) is 5.82 Å². The predicted octanol–water partition coefficient (Wildman–Crippen LogP) is 3.81. The van der Waals surface area contributed by atoms with Crippen molar-refractivity contribution in [2.24, 2.45) is 5.73 Å². The predicted molar refractivity (Wildman–Crippen MR) is 110 cm³/mol. The van der Waals surface area contributed by atoms with Crippen LogP contribution < -0.4 is 16.4 Å². The first-order chi connectivity index (χ1) is 12.9. The zero-order chi connectivity index (χ0) is 19.4. The van der Waals surface area contributed by atoms with Crippen LogP contribution in [0.3, 0.4) is 0 Å². The van der Waals surface area contributed by atoms with E-state index in [1.165, 1.54) is 18.2 Å². The highest BCUT2D eigenvalue weighted by Gasteiger charge is 2.34. The number of nitrogens with two attached hydrogens (primary N) is 1. The number of benzene rings is 2. The van der Waals surface area contributed by atoms with Crippen molar-refractivity contribution < 1.29 is 14.0 Å². The summed E-state index contributed by atoms with van der Waals surface area (Å²) in [4.78, 5) is 25.1. The van der Waals surface area contributed by atoms with E-state index in [-0.39, 0.29) is 29.4 Å². The summed E-state index contributed by atoms with van der Waals surface area (Å²) in [6.07, 6.45) is 3.85. The molecule has 150 valence electrons. The van der Waals surface area contributed by atoms with E-state index in [9.17, 15) is 14.0 Å². The molecule has 0 unspecified atom stereocenters. The minimum Gasteiger partial charge on any atom is -0.345 e. The average molecular weight is 406 g/mol. The Morgan fingerprint density at radius 2 is 1.79 bits per heavy atom. The summed E-state index contributed by atoms with van der Waals surface area (Å²) >= 11 is 0. The minimum absolute atomic E-state index is 0. The Morgan fingerprint density at radius 1 is 1.11 bits per heavy atom.